The van der Waals surface area contributed by atoms with Gasteiger partial charge in [-0.3, -0.25) is 0 Å². The molecular weight excluding hydrogens is 424 g/mol. The Morgan fingerprint density at radius 3 is 2.70 bits per heavy atom. The Balaban J connectivity index is 1.73. The van der Waals surface area contributed by atoms with E-state index in [1.54, 1.807) is 24.3 Å². The maximum Gasteiger partial charge on any atom is 0.217 e. The van der Waals surface area contributed by atoms with Crippen LogP contribution in [-0.4, -0.2) is 62.1 Å². The Morgan fingerprint density at radius 1 is 1.13 bits per heavy atom. The van der Waals surface area contributed by atoms with E-state index in [4.69, 9.17) is 4.74 Å². The summed E-state index contributed by atoms with van der Waals surface area (Å²) in [4.78, 5) is 14.8. The van der Waals surface area contributed by atoms with Crippen molar-refractivity contribution in [1.29, 1.82) is 0 Å². The summed E-state index contributed by atoms with van der Waals surface area (Å²) in [5, 5.41) is 6.67. The quantitative estimate of drug-likeness (QED) is 0.484. The maximum atomic E-state index is 12.9. The van der Waals surface area contributed by atoms with Gasteiger partial charge in [0.05, 0.1) is 17.7 Å². The van der Waals surface area contributed by atoms with Crippen molar-refractivity contribution in [3.63, 3.8) is 0 Å². The van der Waals surface area contributed by atoms with Crippen LogP contribution in [0.4, 0.5) is 16.8 Å². The molecule has 2 N–H and O–H groups in total. The average molecular weight is 449 g/mol. The van der Waals surface area contributed by atoms with Crippen molar-refractivity contribution in [2.45, 2.75) is 16.0 Å². The van der Waals surface area contributed by atoms with E-state index in [-0.39, 0.29) is 9.10 Å². The predicted octanol–water partition coefficient (Wildman–Crippen LogP) is 2.88. The van der Waals surface area contributed by atoms with Crippen molar-refractivity contribution in [1.82, 2.24) is 19.9 Å². The Bertz CT molecular complexity index is 1090. The van der Waals surface area contributed by atoms with E-state index in [2.05, 4.69) is 30.5 Å². The number of ether oxygens (including phenoxy) is 1. The summed E-state index contributed by atoms with van der Waals surface area (Å²) in [6, 6.07) is 8.19. The third-order valence-corrected chi connectivity index (χ3v) is 7.07. The highest BCUT2D eigenvalue weighted by atomic mass is 32.2. The SMILES string of the molecule is CCOc1cccc(S(=O)(=O)c2cnc(Nc3cc(NCCN(C)C)ncn3)s2)c1. The highest BCUT2D eigenvalue weighted by molar-refractivity contribution is 7.93. The monoisotopic (exact) mass is 448 g/mol. The third-order valence-electron chi connectivity index (χ3n) is 3.94. The Hall–Kier alpha value is -2.76. The smallest absolute Gasteiger partial charge is 0.217 e. The zero-order valence-corrected chi connectivity index (χ0v) is 18.6. The molecule has 3 rings (SSSR count). The maximum absolute atomic E-state index is 12.9. The standard InChI is InChI=1S/C19H24N6O3S2/c1-4-28-14-6-5-7-15(10-14)30(26,27)18-12-21-19(29-18)24-17-11-16(22-13-23-17)20-8-9-25(2)3/h5-7,10-13H,4,8-9H2,1-3H3,(H2,20,21,22,23,24). The summed E-state index contributed by atoms with van der Waals surface area (Å²) in [6.45, 7) is 3.91. The number of hydrogen-bond acceptors (Lipinski definition) is 10. The van der Waals surface area contributed by atoms with Gasteiger partial charge in [0, 0.05) is 19.2 Å². The van der Waals surface area contributed by atoms with Gasteiger partial charge in [0.2, 0.25) is 9.84 Å². The van der Waals surface area contributed by atoms with Gasteiger partial charge in [-0.1, -0.05) is 17.4 Å². The normalized spacial score (nSPS) is 11.5. The molecule has 0 amide bonds. The van der Waals surface area contributed by atoms with Crippen molar-refractivity contribution in [2.24, 2.45) is 0 Å². The number of hydrogen-bond donors (Lipinski definition) is 2. The molecule has 0 fully saturated rings. The molecule has 0 atom stereocenters. The van der Waals surface area contributed by atoms with Crippen molar-refractivity contribution in [3.8, 4) is 5.75 Å². The molecule has 9 nitrogen and oxygen atoms in total. The fourth-order valence-electron chi connectivity index (χ4n) is 2.49. The number of nitrogens with one attached hydrogen (secondary N) is 2. The van der Waals surface area contributed by atoms with Crippen LogP contribution >= 0.6 is 11.3 Å². The molecule has 0 saturated heterocycles. The second-order valence-electron chi connectivity index (χ2n) is 6.54. The second kappa shape index (κ2) is 9.83. The number of likely N-dealkylation sites (N-methyl/N-ethyl adjacent to an activating group) is 1. The first-order valence-corrected chi connectivity index (χ1v) is 11.6. The summed E-state index contributed by atoms with van der Waals surface area (Å²) < 4.78 is 31.4. The van der Waals surface area contributed by atoms with Gasteiger partial charge in [-0.05, 0) is 39.2 Å². The molecule has 2 aromatic heterocycles. The lowest BCUT2D eigenvalue weighted by Crippen LogP contribution is -2.21. The van der Waals surface area contributed by atoms with E-state index in [0.29, 0.717) is 29.1 Å². The molecule has 0 aliphatic heterocycles. The first-order chi connectivity index (χ1) is 14.4. The lowest BCUT2D eigenvalue weighted by atomic mass is 10.3. The summed E-state index contributed by atoms with van der Waals surface area (Å²) in [6.07, 6.45) is 2.78. The molecule has 11 heteroatoms. The lowest BCUT2D eigenvalue weighted by molar-refractivity contribution is 0.339. The van der Waals surface area contributed by atoms with Gasteiger partial charge in [0.15, 0.2) is 5.13 Å². The molecule has 0 aliphatic carbocycles. The minimum atomic E-state index is -3.69. The highest BCUT2D eigenvalue weighted by Gasteiger charge is 2.21. The minimum absolute atomic E-state index is 0.136. The summed E-state index contributed by atoms with van der Waals surface area (Å²) in [7, 11) is 0.298. The lowest BCUT2D eigenvalue weighted by Gasteiger charge is -2.11. The molecule has 0 bridgehead atoms. The number of nitrogens with zero attached hydrogens (tertiary/aromatic N) is 4. The van der Waals surface area contributed by atoms with Gasteiger partial charge in [-0.15, -0.1) is 0 Å². The summed E-state index contributed by atoms with van der Waals surface area (Å²) >= 11 is 1.04. The zero-order valence-electron chi connectivity index (χ0n) is 17.0. The molecule has 0 spiro atoms. The van der Waals surface area contributed by atoms with Crippen LogP contribution in [0.3, 0.4) is 0 Å². The van der Waals surface area contributed by atoms with E-state index in [0.717, 1.165) is 24.4 Å². The van der Waals surface area contributed by atoms with E-state index in [9.17, 15) is 8.42 Å². The van der Waals surface area contributed by atoms with Crippen LogP contribution in [0.25, 0.3) is 0 Å². The molecule has 0 saturated carbocycles. The van der Waals surface area contributed by atoms with E-state index >= 15 is 0 Å². The van der Waals surface area contributed by atoms with Crippen LogP contribution < -0.4 is 15.4 Å². The van der Waals surface area contributed by atoms with E-state index in [1.165, 1.54) is 18.6 Å². The second-order valence-corrected chi connectivity index (χ2v) is 9.75. The van der Waals surface area contributed by atoms with E-state index in [1.807, 2.05) is 21.0 Å². The molecule has 0 unspecified atom stereocenters. The third kappa shape index (κ3) is 5.65. The molecule has 30 heavy (non-hydrogen) atoms. The molecule has 0 radical (unpaired) electrons. The Kier molecular flexibility index (Phi) is 7.19. The fraction of sp³-hybridized carbons (Fsp3) is 0.316. The minimum Gasteiger partial charge on any atom is -0.494 e. The number of sulfone groups is 1. The Labute approximate surface area is 180 Å². The predicted molar refractivity (Wildman–Crippen MR) is 118 cm³/mol. The van der Waals surface area contributed by atoms with Crippen molar-refractivity contribution >= 4 is 37.9 Å². The zero-order chi connectivity index (χ0) is 21.6. The molecular formula is C19H24N6O3S2. The van der Waals surface area contributed by atoms with Crippen LogP contribution in [0.5, 0.6) is 5.75 Å². The fourth-order valence-corrected chi connectivity index (χ4v) is 4.97. The van der Waals surface area contributed by atoms with Gasteiger partial charge in [0.1, 0.15) is 27.9 Å². The topological polar surface area (TPSA) is 109 Å². The summed E-state index contributed by atoms with van der Waals surface area (Å²) in [5.74, 6) is 1.71. The van der Waals surface area contributed by atoms with Gasteiger partial charge in [-0.25, -0.2) is 23.4 Å². The molecule has 0 aliphatic rings. The van der Waals surface area contributed by atoms with Crippen LogP contribution in [0.1, 0.15) is 6.92 Å². The van der Waals surface area contributed by atoms with Crippen LogP contribution in [0.2, 0.25) is 0 Å². The van der Waals surface area contributed by atoms with Crippen LogP contribution in [-0.2, 0) is 9.84 Å². The number of benzene rings is 1. The number of aromatic nitrogens is 3. The molecule has 1 aromatic carbocycles. The van der Waals surface area contributed by atoms with Gasteiger partial charge in [0.25, 0.3) is 0 Å². The van der Waals surface area contributed by atoms with Crippen LogP contribution in [0.15, 0.2) is 52.0 Å². The average Bonchev–Trinajstić information content (AvgIpc) is 3.18. The van der Waals surface area contributed by atoms with Gasteiger partial charge < -0.3 is 20.3 Å². The van der Waals surface area contributed by atoms with E-state index < -0.39 is 9.84 Å². The number of rotatable bonds is 10. The van der Waals surface area contributed by atoms with Crippen molar-refractivity contribution < 1.29 is 13.2 Å². The first-order valence-electron chi connectivity index (χ1n) is 9.30. The van der Waals surface area contributed by atoms with Gasteiger partial charge >= 0.3 is 0 Å². The van der Waals surface area contributed by atoms with Crippen LogP contribution in [0, 0.1) is 0 Å². The first kappa shape index (κ1) is 21.9. The largest absolute Gasteiger partial charge is 0.494 e. The Morgan fingerprint density at radius 2 is 1.93 bits per heavy atom. The molecule has 160 valence electrons. The number of thiazole rings is 1. The highest BCUT2D eigenvalue weighted by Crippen LogP contribution is 2.31. The summed E-state index contributed by atoms with van der Waals surface area (Å²) in [5.41, 5.74) is 0. The number of anilines is 3. The van der Waals surface area contributed by atoms with Gasteiger partial charge in [-0.2, -0.15) is 0 Å². The van der Waals surface area contributed by atoms with Crippen molar-refractivity contribution in [3.05, 3.63) is 42.9 Å². The molecule has 2 heterocycles. The molecule has 3 aromatic rings. The van der Waals surface area contributed by atoms with Crippen molar-refractivity contribution in [2.75, 3.05) is 44.4 Å².